The summed E-state index contributed by atoms with van der Waals surface area (Å²) in [6.07, 6.45) is 1.56. The van der Waals surface area contributed by atoms with Gasteiger partial charge in [-0.1, -0.05) is 13.8 Å². The molecule has 0 radical (unpaired) electrons. The minimum absolute atomic E-state index is 0.00470. The summed E-state index contributed by atoms with van der Waals surface area (Å²) >= 11 is 0. The van der Waals surface area contributed by atoms with Gasteiger partial charge in [-0.2, -0.15) is 9.40 Å². The lowest BCUT2D eigenvalue weighted by Gasteiger charge is -2.25. The van der Waals surface area contributed by atoms with E-state index in [0.29, 0.717) is 11.4 Å². The van der Waals surface area contributed by atoms with Gasteiger partial charge in [0.25, 0.3) is 0 Å². The Labute approximate surface area is 109 Å². The minimum atomic E-state index is -3.53. The van der Waals surface area contributed by atoms with Crippen molar-refractivity contribution in [2.75, 3.05) is 7.05 Å². The first-order valence-corrected chi connectivity index (χ1v) is 7.56. The second kappa shape index (κ2) is 5.81. The number of aryl methyl sites for hydroxylation is 1. The lowest BCUT2D eigenvalue weighted by atomic mass is 10.2. The molecular formula is C11H22N4O2S. The number of nitrogens with one attached hydrogen (secondary N) is 1. The molecular weight excluding hydrogens is 252 g/mol. The molecule has 0 bridgehead atoms. The van der Waals surface area contributed by atoms with Crippen molar-refractivity contribution in [1.29, 1.82) is 0 Å². The van der Waals surface area contributed by atoms with Crippen LogP contribution in [0, 0.1) is 6.92 Å². The Bertz CT molecular complexity index is 491. The fourth-order valence-corrected chi connectivity index (χ4v) is 3.93. The molecule has 0 saturated carbocycles. The molecule has 0 aliphatic rings. The van der Waals surface area contributed by atoms with Gasteiger partial charge < -0.3 is 5.73 Å². The Morgan fingerprint density at radius 3 is 2.39 bits per heavy atom. The van der Waals surface area contributed by atoms with Crippen molar-refractivity contribution in [3.8, 4) is 0 Å². The van der Waals surface area contributed by atoms with E-state index < -0.39 is 10.0 Å². The zero-order valence-electron chi connectivity index (χ0n) is 11.4. The molecule has 104 valence electrons. The third-order valence-corrected chi connectivity index (χ3v) is 5.36. The normalized spacial score (nSPS) is 12.6. The van der Waals surface area contributed by atoms with E-state index in [4.69, 9.17) is 5.73 Å². The van der Waals surface area contributed by atoms with Gasteiger partial charge in [-0.15, -0.1) is 0 Å². The molecule has 6 nitrogen and oxygen atoms in total. The maximum atomic E-state index is 12.6. The summed E-state index contributed by atoms with van der Waals surface area (Å²) in [6.45, 7) is 5.76. The van der Waals surface area contributed by atoms with Crippen molar-refractivity contribution >= 4 is 10.0 Å². The quantitative estimate of drug-likeness (QED) is 0.809. The van der Waals surface area contributed by atoms with Gasteiger partial charge in [-0.25, -0.2) is 8.42 Å². The van der Waals surface area contributed by atoms with Gasteiger partial charge in [0.05, 0.1) is 11.4 Å². The third kappa shape index (κ3) is 2.57. The van der Waals surface area contributed by atoms with Crippen LogP contribution in [0.15, 0.2) is 4.90 Å². The van der Waals surface area contributed by atoms with Crippen LogP contribution in [0.1, 0.15) is 38.1 Å². The van der Waals surface area contributed by atoms with E-state index >= 15 is 0 Å². The molecule has 18 heavy (non-hydrogen) atoms. The lowest BCUT2D eigenvalue weighted by molar-refractivity contribution is 0.349. The molecule has 0 aromatic carbocycles. The maximum Gasteiger partial charge on any atom is 0.246 e. The largest absolute Gasteiger partial charge is 0.325 e. The van der Waals surface area contributed by atoms with Crippen molar-refractivity contribution in [2.45, 2.75) is 51.1 Å². The van der Waals surface area contributed by atoms with Gasteiger partial charge in [0.15, 0.2) is 0 Å². The Morgan fingerprint density at radius 2 is 1.94 bits per heavy atom. The zero-order valence-corrected chi connectivity index (χ0v) is 12.2. The van der Waals surface area contributed by atoms with Crippen LogP contribution in [-0.2, 0) is 16.6 Å². The summed E-state index contributed by atoms with van der Waals surface area (Å²) in [7, 11) is -1.92. The second-order valence-corrected chi connectivity index (χ2v) is 6.25. The highest BCUT2D eigenvalue weighted by Crippen LogP contribution is 2.24. The molecule has 0 unspecified atom stereocenters. The van der Waals surface area contributed by atoms with Crippen LogP contribution in [-0.4, -0.2) is 36.0 Å². The van der Waals surface area contributed by atoms with E-state index in [1.165, 1.54) is 4.31 Å². The Morgan fingerprint density at radius 1 is 1.39 bits per heavy atom. The fraction of sp³-hybridized carbons (Fsp3) is 0.727. The molecule has 0 fully saturated rings. The highest BCUT2D eigenvalue weighted by molar-refractivity contribution is 7.89. The minimum Gasteiger partial charge on any atom is -0.325 e. The van der Waals surface area contributed by atoms with Crippen molar-refractivity contribution < 1.29 is 8.42 Å². The summed E-state index contributed by atoms with van der Waals surface area (Å²) in [5.74, 6) is 0. The topological polar surface area (TPSA) is 92.1 Å². The first-order chi connectivity index (χ1) is 8.39. The Kier molecular flexibility index (Phi) is 4.89. The number of nitrogens with two attached hydrogens (primary N) is 1. The van der Waals surface area contributed by atoms with E-state index in [1.807, 2.05) is 13.8 Å². The first kappa shape index (κ1) is 15.1. The predicted molar refractivity (Wildman–Crippen MR) is 70.5 cm³/mol. The molecule has 0 amide bonds. The maximum absolute atomic E-state index is 12.6. The monoisotopic (exact) mass is 274 g/mol. The fourth-order valence-electron chi connectivity index (χ4n) is 2.09. The van der Waals surface area contributed by atoms with E-state index in [1.54, 1.807) is 14.0 Å². The summed E-state index contributed by atoms with van der Waals surface area (Å²) in [4.78, 5) is 0.222. The summed E-state index contributed by atoms with van der Waals surface area (Å²) in [5, 5.41) is 6.63. The lowest BCUT2D eigenvalue weighted by Crippen LogP contribution is -2.36. The first-order valence-electron chi connectivity index (χ1n) is 6.12. The van der Waals surface area contributed by atoms with Crippen LogP contribution in [0.5, 0.6) is 0 Å². The molecule has 1 aromatic rings. The van der Waals surface area contributed by atoms with Gasteiger partial charge in [-0.3, -0.25) is 5.10 Å². The zero-order chi connectivity index (χ0) is 13.9. The molecule has 0 aliphatic heterocycles. The smallest absolute Gasteiger partial charge is 0.246 e. The average molecular weight is 274 g/mol. The van der Waals surface area contributed by atoms with Gasteiger partial charge in [0.1, 0.15) is 4.90 Å². The number of nitrogens with zero attached hydrogens (tertiary/aromatic N) is 2. The molecule has 1 rings (SSSR count). The molecule has 0 atom stereocenters. The van der Waals surface area contributed by atoms with Gasteiger partial charge in [-0.05, 0) is 19.8 Å². The SMILES string of the molecule is CCC(CC)N(C)S(=O)(=O)c1c(CN)n[nH]c1C. The van der Waals surface area contributed by atoms with Crippen LogP contribution >= 0.6 is 0 Å². The van der Waals surface area contributed by atoms with Gasteiger partial charge >= 0.3 is 0 Å². The van der Waals surface area contributed by atoms with Crippen LogP contribution in [0.3, 0.4) is 0 Å². The standard InChI is InChI=1S/C11H22N4O2S/c1-5-9(6-2)15(4)18(16,17)11-8(3)13-14-10(11)7-12/h9H,5-7,12H2,1-4H3,(H,13,14). The molecule has 1 heterocycles. The predicted octanol–water partition coefficient (Wildman–Crippen LogP) is 0.986. The number of hydrogen-bond acceptors (Lipinski definition) is 4. The van der Waals surface area contributed by atoms with Crippen LogP contribution in [0.4, 0.5) is 0 Å². The number of aromatic amines is 1. The van der Waals surface area contributed by atoms with Crippen molar-refractivity contribution in [3.63, 3.8) is 0 Å². The van der Waals surface area contributed by atoms with Crippen molar-refractivity contribution in [1.82, 2.24) is 14.5 Å². The van der Waals surface area contributed by atoms with E-state index in [-0.39, 0.29) is 17.5 Å². The molecule has 1 aromatic heterocycles. The summed E-state index contributed by atoms with van der Waals surface area (Å²) in [5.41, 5.74) is 6.47. The number of sulfonamides is 1. The second-order valence-electron chi connectivity index (χ2n) is 4.32. The van der Waals surface area contributed by atoms with Crippen LogP contribution < -0.4 is 5.73 Å². The number of rotatable bonds is 6. The summed E-state index contributed by atoms with van der Waals surface area (Å²) in [6, 6.07) is -0.00470. The molecule has 0 aliphatic carbocycles. The van der Waals surface area contributed by atoms with Gasteiger partial charge in [0, 0.05) is 19.6 Å². The molecule has 0 spiro atoms. The number of hydrogen-bond donors (Lipinski definition) is 2. The van der Waals surface area contributed by atoms with Gasteiger partial charge in [0.2, 0.25) is 10.0 Å². The van der Waals surface area contributed by atoms with Crippen molar-refractivity contribution in [3.05, 3.63) is 11.4 Å². The summed E-state index contributed by atoms with van der Waals surface area (Å²) < 4.78 is 26.5. The average Bonchev–Trinajstić information content (AvgIpc) is 2.72. The van der Waals surface area contributed by atoms with E-state index in [9.17, 15) is 8.42 Å². The Hall–Kier alpha value is -0.920. The molecule has 7 heteroatoms. The Balaban J connectivity index is 3.24. The highest BCUT2D eigenvalue weighted by atomic mass is 32.2. The molecule has 3 N–H and O–H groups in total. The highest BCUT2D eigenvalue weighted by Gasteiger charge is 2.31. The van der Waals surface area contributed by atoms with E-state index in [2.05, 4.69) is 10.2 Å². The van der Waals surface area contributed by atoms with Crippen LogP contribution in [0.25, 0.3) is 0 Å². The number of H-pyrrole nitrogens is 1. The number of aromatic nitrogens is 2. The molecule has 0 saturated heterocycles. The van der Waals surface area contributed by atoms with E-state index in [0.717, 1.165) is 12.8 Å². The van der Waals surface area contributed by atoms with Crippen molar-refractivity contribution in [2.24, 2.45) is 5.73 Å². The van der Waals surface area contributed by atoms with Crippen LogP contribution in [0.2, 0.25) is 0 Å². The third-order valence-electron chi connectivity index (χ3n) is 3.25.